The van der Waals surface area contributed by atoms with Gasteiger partial charge in [0.1, 0.15) is 16.9 Å². The highest BCUT2D eigenvalue weighted by Gasteiger charge is 2.58. The molecule has 1 aromatic carbocycles. The largest absolute Gasteiger partial charge is 0.497 e. The van der Waals surface area contributed by atoms with Gasteiger partial charge in [-0.3, -0.25) is 9.59 Å². The second-order valence-electron chi connectivity index (χ2n) is 6.83. The highest BCUT2D eigenvalue weighted by atomic mass is 16.5. The molecule has 0 aromatic heterocycles. The minimum atomic E-state index is -0.917. The van der Waals surface area contributed by atoms with E-state index in [1.807, 2.05) is 4.90 Å². The van der Waals surface area contributed by atoms with Crippen LogP contribution in [-0.2, 0) is 9.59 Å². The van der Waals surface area contributed by atoms with Crippen LogP contribution in [0.2, 0.25) is 0 Å². The van der Waals surface area contributed by atoms with Crippen LogP contribution in [0.3, 0.4) is 0 Å². The summed E-state index contributed by atoms with van der Waals surface area (Å²) < 4.78 is 10.5. The quantitative estimate of drug-likeness (QED) is 0.779. The molecule has 0 unspecified atom stereocenters. The molecule has 1 aliphatic carbocycles. The van der Waals surface area contributed by atoms with Crippen molar-refractivity contribution < 1.29 is 19.1 Å². The number of nitrogens with one attached hydrogen (secondary N) is 1. The number of methoxy groups -OCH3 is 2. The molecule has 1 aliphatic heterocycles. The number of hydrogen-bond donors (Lipinski definition) is 1. The summed E-state index contributed by atoms with van der Waals surface area (Å²) in [5.74, 6) is 0.866. The van der Waals surface area contributed by atoms with Crippen molar-refractivity contribution in [3.8, 4) is 11.5 Å². The zero-order valence-electron chi connectivity index (χ0n) is 15.7. The molecule has 0 atom stereocenters. The molecule has 7 heteroatoms. The lowest BCUT2D eigenvalue weighted by Gasteiger charge is -2.35. The normalized spacial score (nSPS) is 19.0. The van der Waals surface area contributed by atoms with Crippen LogP contribution in [0.15, 0.2) is 18.2 Å². The van der Waals surface area contributed by atoms with Crippen molar-refractivity contribution in [2.24, 2.45) is 5.41 Å². The Kier molecular flexibility index (Phi) is 5.36. The van der Waals surface area contributed by atoms with Gasteiger partial charge in [0, 0.05) is 32.2 Å². The highest BCUT2D eigenvalue weighted by molar-refractivity contribution is 6.13. The van der Waals surface area contributed by atoms with E-state index in [-0.39, 0.29) is 11.8 Å². The van der Waals surface area contributed by atoms with Crippen LogP contribution in [0.1, 0.15) is 19.8 Å². The molecule has 2 amide bonds. The van der Waals surface area contributed by atoms with E-state index >= 15 is 0 Å². The van der Waals surface area contributed by atoms with Crippen LogP contribution in [0.5, 0.6) is 11.5 Å². The fraction of sp³-hybridized carbons (Fsp3) is 0.579. The molecule has 0 bridgehead atoms. The van der Waals surface area contributed by atoms with E-state index in [9.17, 15) is 9.59 Å². The monoisotopic (exact) mass is 361 g/mol. The number of ether oxygens (including phenoxy) is 2. The summed E-state index contributed by atoms with van der Waals surface area (Å²) in [5.41, 5.74) is -0.368. The first-order valence-electron chi connectivity index (χ1n) is 9.09. The third-order valence-electron chi connectivity index (χ3n) is 5.36. The molecule has 26 heavy (non-hydrogen) atoms. The van der Waals surface area contributed by atoms with Gasteiger partial charge in [0.05, 0.1) is 19.9 Å². The van der Waals surface area contributed by atoms with Crippen molar-refractivity contribution in [1.29, 1.82) is 0 Å². The Labute approximate surface area is 154 Å². The Morgan fingerprint density at radius 2 is 1.81 bits per heavy atom. The van der Waals surface area contributed by atoms with E-state index in [1.54, 1.807) is 25.3 Å². The SMILES string of the molecule is CCN1CCN(C(=O)C2(C(=O)Nc3ccc(OC)cc3OC)CC2)CC1. The number of carbonyl (C=O) groups is 2. The molecule has 1 saturated heterocycles. The van der Waals surface area contributed by atoms with Gasteiger partial charge in [-0.25, -0.2) is 0 Å². The molecule has 2 aliphatic rings. The summed E-state index contributed by atoms with van der Waals surface area (Å²) in [6.45, 7) is 6.22. The summed E-state index contributed by atoms with van der Waals surface area (Å²) >= 11 is 0. The molecule has 1 N–H and O–H groups in total. The van der Waals surface area contributed by atoms with Crippen LogP contribution in [-0.4, -0.2) is 68.6 Å². The highest BCUT2D eigenvalue weighted by Crippen LogP contribution is 2.48. The first-order valence-corrected chi connectivity index (χ1v) is 9.09. The molecule has 142 valence electrons. The average molecular weight is 361 g/mol. The van der Waals surface area contributed by atoms with E-state index in [4.69, 9.17) is 9.47 Å². The molecular formula is C19H27N3O4. The van der Waals surface area contributed by atoms with Crippen LogP contribution in [0.4, 0.5) is 5.69 Å². The minimum Gasteiger partial charge on any atom is -0.497 e. The van der Waals surface area contributed by atoms with Crippen molar-refractivity contribution in [2.45, 2.75) is 19.8 Å². The molecular weight excluding hydrogens is 334 g/mol. The Morgan fingerprint density at radius 3 is 2.35 bits per heavy atom. The average Bonchev–Trinajstić information content (AvgIpc) is 3.49. The predicted molar refractivity (Wildman–Crippen MR) is 98.5 cm³/mol. The molecule has 1 aromatic rings. The number of hydrogen-bond acceptors (Lipinski definition) is 5. The Balaban J connectivity index is 1.69. The fourth-order valence-corrected chi connectivity index (χ4v) is 3.38. The second-order valence-corrected chi connectivity index (χ2v) is 6.83. The molecule has 0 radical (unpaired) electrons. The minimum absolute atomic E-state index is 0.0433. The van der Waals surface area contributed by atoms with Gasteiger partial charge in [-0.15, -0.1) is 0 Å². The Hall–Kier alpha value is -2.28. The van der Waals surface area contributed by atoms with Crippen LogP contribution >= 0.6 is 0 Å². The van der Waals surface area contributed by atoms with Crippen molar-refractivity contribution in [2.75, 3.05) is 52.3 Å². The van der Waals surface area contributed by atoms with Gasteiger partial charge in [-0.2, -0.15) is 0 Å². The van der Waals surface area contributed by atoms with Crippen LogP contribution < -0.4 is 14.8 Å². The smallest absolute Gasteiger partial charge is 0.240 e. The number of nitrogens with zero attached hydrogens (tertiary/aromatic N) is 2. The number of amides is 2. The maximum absolute atomic E-state index is 13.0. The number of likely N-dealkylation sites (N-methyl/N-ethyl adjacent to an activating group) is 1. The maximum Gasteiger partial charge on any atom is 0.240 e. The third kappa shape index (κ3) is 3.49. The van der Waals surface area contributed by atoms with Gasteiger partial charge < -0.3 is 24.6 Å². The summed E-state index contributed by atoms with van der Waals surface area (Å²) in [5, 5.41) is 2.88. The molecule has 7 nitrogen and oxygen atoms in total. The lowest BCUT2D eigenvalue weighted by Crippen LogP contribution is -2.52. The molecule has 1 heterocycles. The number of rotatable bonds is 6. The Morgan fingerprint density at radius 1 is 1.12 bits per heavy atom. The van der Waals surface area contributed by atoms with E-state index in [2.05, 4.69) is 17.1 Å². The molecule has 0 spiro atoms. The van der Waals surface area contributed by atoms with Crippen molar-refractivity contribution in [1.82, 2.24) is 9.80 Å². The lowest BCUT2D eigenvalue weighted by molar-refractivity contribution is -0.143. The van der Waals surface area contributed by atoms with Gasteiger partial charge in [0.15, 0.2) is 0 Å². The summed E-state index contributed by atoms with van der Waals surface area (Å²) in [6.07, 6.45) is 1.20. The summed E-state index contributed by atoms with van der Waals surface area (Å²) in [6, 6.07) is 5.20. The van der Waals surface area contributed by atoms with Gasteiger partial charge >= 0.3 is 0 Å². The fourth-order valence-electron chi connectivity index (χ4n) is 3.38. The van der Waals surface area contributed by atoms with E-state index in [0.29, 0.717) is 43.1 Å². The maximum atomic E-state index is 13.0. The zero-order valence-corrected chi connectivity index (χ0v) is 15.7. The first kappa shape index (κ1) is 18.5. The topological polar surface area (TPSA) is 71.1 Å². The van der Waals surface area contributed by atoms with Crippen molar-refractivity contribution in [3.05, 3.63) is 18.2 Å². The summed E-state index contributed by atoms with van der Waals surface area (Å²) in [4.78, 5) is 30.0. The Bertz CT molecular complexity index is 679. The standard InChI is InChI=1S/C19H27N3O4/c1-4-21-9-11-22(12-10-21)18(24)19(7-8-19)17(23)20-15-6-5-14(25-2)13-16(15)26-3/h5-6,13H,4,7-12H2,1-3H3,(H,20,23). The molecule has 3 rings (SSSR count). The van der Waals surface area contributed by atoms with Crippen molar-refractivity contribution >= 4 is 17.5 Å². The van der Waals surface area contributed by atoms with Crippen molar-refractivity contribution in [3.63, 3.8) is 0 Å². The lowest BCUT2D eigenvalue weighted by atomic mass is 10.0. The van der Waals surface area contributed by atoms with Gasteiger partial charge in [-0.05, 0) is 31.5 Å². The second kappa shape index (κ2) is 7.53. The zero-order chi connectivity index (χ0) is 18.7. The number of carbonyl (C=O) groups excluding carboxylic acids is 2. The number of benzene rings is 1. The van der Waals surface area contributed by atoms with E-state index < -0.39 is 5.41 Å². The molecule has 2 fully saturated rings. The van der Waals surface area contributed by atoms with Gasteiger partial charge in [-0.1, -0.05) is 6.92 Å². The van der Waals surface area contributed by atoms with Gasteiger partial charge in [0.25, 0.3) is 0 Å². The number of anilines is 1. The first-order chi connectivity index (χ1) is 12.5. The summed E-state index contributed by atoms with van der Waals surface area (Å²) in [7, 11) is 3.11. The van der Waals surface area contributed by atoms with Gasteiger partial charge in [0.2, 0.25) is 11.8 Å². The predicted octanol–water partition coefficient (Wildman–Crippen LogP) is 1.59. The van der Waals surface area contributed by atoms with E-state index in [0.717, 1.165) is 19.6 Å². The van der Waals surface area contributed by atoms with Crippen LogP contribution in [0.25, 0.3) is 0 Å². The number of piperazine rings is 1. The third-order valence-corrected chi connectivity index (χ3v) is 5.36. The molecule has 1 saturated carbocycles. The van der Waals surface area contributed by atoms with Crippen LogP contribution in [0, 0.1) is 5.41 Å². The van der Waals surface area contributed by atoms with E-state index in [1.165, 1.54) is 7.11 Å².